The van der Waals surface area contributed by atoms with E-state index in [1.807, 2.05) is 6.07 Å². The first-order valence-corrected chi connectivity index (χ1v) is 7.36. The number of amides is 1. The number of carbonyl (C=O) groups excluding carboxylic acids is 1. The molecule has 24 heavy (non-hydrogen) atoms. The summed E-state index contributed by atoms with van der Waals surface area (Å²) in [4.78, 5) is 15.4. The van der Waals surface area contributed by atoms with Gasteiger partial charge in [-0.15, -0.1) is 0 Å². The van der Waals surface area contributed by atoms with Crippen LogP contribution in [-0.2, 0) is 4.74 Å². The van der Waals surface area contributed by atoms with Gasteiger partial charge in [-0.3, -0.25) is 9.36 Å². The van der Waals surface area contributed by atoms with E-state index in [1.165, 1.54) is 10.9 Å². The summed E-state index contributed by atoms with van der Waals surface area (Å²) in [5, 5.41) is 37.6. The number of hydrogen-bond acceptors (Lipinski definition) is 7. The average molecular weight is 334 g/mol. The number of aliphatic hydroxyl groups is 3. The van der Waals surface area contributed by atoms with E-state index in [0.29, 0.717) is 19.3 Å². The topological polar surface area (TPSA) is 155 Å². The van der Waals surface area contributed by atoms with Crippen molar-refractivity contribution in [2.24, 2.45) is 5.73 Å². The number of aromatic nitrogens is 2. The predicted octanol–water partition coefficient (Wildman–Crippen LogP) is -1.36. The summed E-state index contributed by atoms with van der Waals surface area (Å²) in [6, 6.07) is 2.01. The highest BCUT2D eigenvalue weighted by Gasteiger charge is 2.44. The summed E-state index contributed by atoms with van der Waals surface area (Å²) >= 11 is 0. The third-order valence-electron chi connectivity index (χ3n) is 3.62. The minimum absolute atomic E-state index is 0.0829. The fraction of sp³-hybridized carbons (Fsp3) is 0.533. The molecule has 1 fully saturated rings. The maximum absolute atomic E-state index is 11.5. The molecule has 9 heteroatoms. The number of carbonyl (C=O) groups is 1. The van der Waals surface area contributed by atoms with Crippen LogP contribution in [0.4, 0.5) is 0 Å². The van der Waals surface area contributed by atoms with Crippen LogP contribution in [-0.4, -0.2) is 55.7 Å². The number of primary amides is 1. The van der Waals surface area contributed by atoms with Gasteiger partial charge in [-0.25, -0.2) is 4.98 Å². The first-order valence-electron chi connectivity index (χ1n) is 7.36. The van der Waals surface area contributed by atoms with Gasteiger partial charge >= 0.3 is 0 Å². The van der Waals surface area contributed by atoms with Gasteiger partial charge in [0.05, 0.1) is 19.0 Å². The maximum atomic E-state index is 11.5. The van der Waals surface area contributed by atoms with Crippen molar-refractivity contribution < 1.29 is 24.9 Å². The largest absolute Gasteiger partial charge is 0.394 e. The quantitative estimate of drug-likeness (QED) is 0.383. The molecule has 9 nitrogen and oxygen atoms in total. The van der Waals surface area contributed by atoms with Crippen LogP contribution >= 0.6 is 0 Å². The SMILES string of the molecule is N#CCCCC#Cc1c(C(N)=O)ncn1[C@@H]1O[C@H](CO)[C@@H](O)[C@H]1O. The zero-order chi connectivity index (χ0) is 17.7. The highest BCUT2D eigenvalue weighted by atomic mass is 16.6. The Labute approximate surface area is 138 Å². The molecular weight excluding hydrogens is 316 g/mol. The van der Waals surface area contributed by atoms with Gasteiger partial charge in [-0.05, 0) is 12.3 Å². The fourth-order valence-electron chi connectivity index (χ4n) is 2.37. The summed E-state index contributed by atoms with van der Waals surface area (Å²) in [6.07, 6.45) is -2.00. The second kappa shape index (κ2) is 7.90. The van der Waals surface area contributed by atoms with E-state index in [2.05, 4.69) is 16.8 Å². The molecule has 2 rings (SSSR count). The molecule has 0 bridgehead atoms. The van der Waals surface area contributed by atoms with Crippen molar-refractivity contribution in [3.05, 3.63) is 17.7 Å². The summed E-state index contributed by atoms with van der Waals surface area (Å²) in [7, 11) is 0. The molecule has 1 aromatic rings. The molecule has 5 N–H and O–H groups in total. The zero-order valence-corrected chi connectivity index (χ0v) is 12.8. The maximum Gasteiger partial charge on any atom is 0.270 e. The van der Waals surface area contributed by atoms with Crippen molar-refractivity contribution in [3.8, 4) is 17.9 Å². The second-order valence-electron chi connectivity index (χ2n) is 5.26. The highest BCUT2D eigenvalue weighted by Crippen LogP contribution is 2.30. The van der Waals surface area contributed by atoms with Crippen molar-refractivity contribution >= 4 is 5.91 Å². The van der Waals surface area contributed by atoms with Crippen molar-refractivity contribution in [3.63, 3.8) is 0 Å². The standard InChI is InChI=1S/C15H18N4O5/c16-6-4-2-1-3-5-9-11(14(17)23)18-8-19(9)15-13(22)12(21)10(7-20)24-15/h8,10,12-13,15,20-22H,1-2,4,7H2,(H2,17,23)/t10-,12-,13-,15-/m1/s1. The molecule has 128 valence electrons. The molecule has 1 aromatic heterocycles. The summed E-state index contributed by atoms with van der Waals surface area (Å²) in [6.45, 7) is -0.471. The van der Waals surface area contributed by atoms with Crippen LogP contribution in [0.2, 0.25) is 0 Å². The smallest absolute Gasteiger partial charge is 0.270 e. The van der Waals surface area contributed by atoms with Gasteiger partial charge in [-0.1, -0.05) is 5.92 Å². The Kier molecular flexibility index (Phi) is 5.90. The molecule has 0 saturated carbocycles. The lowest BCUT2D eigenvalue weighted by molar-refractivity contribution is -0.0531. The second-order valence-corrected chi connectivity index (χ2v) is 5.26. The van der Waals surface area contributed by atoms with Crippen LogP contribution in [0.25, 0.3) is 0 Å². The van der Waals surface area contributed by atoms with E-state index in [-0.39, 0.29) is 11.4 Å². The summed E-state index contributed by atoms with van der Waals surface area (Å²) < 4.78 is 6.72. The monoisotopic (exact) mass is 334 g/mol. The Morgan fingerprint density at radius 2 is 2.17 bits per heavy atom. The van der Waals surface area contributed by atoms with Crippen molar-refractivity contribution in [2.75, 3.05) is 6.61 Å². The lowest BCUT2D eigenvalue weighted by atomic mass is 10.1. The van der Waals surface area contributed by atoms with Crippen LogP contribution in [0.5, 0.6) is 0 Å². The molecule has 1 aliphatic rings. The zero-order valence-electron chi connectivity index (χ0n) is 12.8. The predicted molar refractivity (Wildman–Crippen MR) is 80.1 cm³/mol. The third-order valence-corrected chi connectivity index (χ3v) is 3.62. The number of hydrogen-bond donors (Lipinski definition) is 4. The van der Waals surface area contributed by atoms with Crippen molar-refractivity contribution in [2.45, 2.75) is 43.8 Å². The Hall–Kier alpha value is -2.43. The van der Waals surface area contributed by atoms with Crippen molar-refractivity contribution in [1.82, 2.24) is 9.55 Å². The minimum Gasteiger partial charge on any atom is -0.394 e. The Bertz CT molecular complexity index is 699. The van der Waals surface area contributed by atoms with E-state index in [0.717, 1.165) is 0 Å². The van der Waals surface area contributed by atoms with Crippen LogP contribution in [0, 0.1) is 23.2 Å². The molecule has 0 spiro atoms. The lowest BCUT2D eigenvalue weighted by Gasteiger charge is -2.17. The highest BCUT2D eigenvalue weighted by molar-refractivity contribution is 5.93. The lowest BCUT2D eigenvalue weighted by Crippen LogP contribution is -2.33. The van der Waals surface area contributed by atoms with Gasteiger partial charge in [-0.2, -0.15) is 5.26 Å². The van der Waals surface area contributed by atoms with Gasteiger partial charge < -0.3 is 25.8 Å². The van der Waals surface area contributed by atoms with Gasteiger partial charge in [0.2, 0.25) is 0 Å². The fourth-order valence-corrected chi connectivity index (χ4v) is 2.37. The Morgan fingerprint density at radius 3 is 2.75 bits per heavy atom. The Morgan fingerprint density at radius 1 is 1.42 bits per heavy atom. The molecule has 1 aliphatic heterocycles. The van der Waals surface area contributed by atoms with E-state index in [9.17, 15) is 15.0 Å². The average Bonchev–Trinajstić information content (AvgIpc) is 3.09. The molecule has 0 aliphatic carbocycles. The number of nitrogens with two attached hydrogens (primary N) is 1. The summed E-state index contributed by atoms with van der Waals surface area (Å²) in [5.74, 6) is 4.78. The minimum atomic E-state index is -1.32. The van der Waals surface area contributed by atoms with Gasteiger partial charge in [0.1, 0.15) is 24.0 Å². The number of nitrogens with zero attached hydrogens (tertiary/aromatic N) is 3. The number of imidazole rings is 1. The first kappa shape index (κ1) is 17.9. The number of nitriles is 1. The van der Waals surface area contributed by atoms with Crippen molar-refractivity contribution in [1.29, 1.82) is 5.26 Å². The number of rotatable bonds is 5. The van der Waals surface area contributed by atoms with E-state index in [4.69, 9.17) is 20.8 Å². The molecular formula is C15H18N4O5. The van der Waals surface area contributed by atoms with E-state index >= 15 is 0 Å². The van der Waals surface area contributed by atoms with Crippen LogP contribution in [0.15, 0.2) is 6.33 Å². The van der Waals surface area contributed by atoms with Crippen LogP contribution in [0.1, 0.15) is 41.7 Å². The van der Waals surface area contributed by atoms with Gasteiger partial charge in [0, 0.05) is 12.8 Å². The number of aliphatic hydroxyl groups excluding tert-OH is 3. The van der Waals surface area contributed by atoms with E-state index in [1.54, 1.807) is 0 Å². The molecule has 4 atom stereocenters. The number of ether oxygens (including phenoxy) is 1. The van der Waals surface area contributed by atoms with Crippen LogP contribution in [0.3, 0.4) is 0 Å². The summed E-state index contributed by atoms with van der Waals surface area (Å²) in [5.41, 5.74) is 5.34. The third kappa shape index (κ3) is 3.55. The molecule has 1 saturated heterocycles. The molecule has 0 aromatic carbocycles. The van der Waals surface area contributed by atoms with Crippen LogP contribution < -0.4 is 5.73 Å². The van der Waals surface area contributed by atoms with Gasteiger partial charge in [0.15, 0.2) is 11.9 Å². The Balaban J connectivity index is 2.30. The molecule has 2 heterocycles. The normalized spacial score (nSPS) is 25.8. The first-order chi connectivity index (χ1) is 11.5. The number of unbranched alkanes of at least 4 members (excludes halogenated alkanes) is 2. The van der Waals surface area contributed by atoms with Gasteiger partial charge in [0.25, 0.3) is 5.91 Å². The molecule has 1 amide bonds. The molecule has 0 radical (unpaired) electrons. The molecule has 0 unspecified atom stereocenters. The van der Waals surface area contributed by atoms with E-state index < -0.39 is 37.1 Å².